The van der Waals surface area contributed by atoms with Gasteiger partial charge in [-0.25, -0.2) is 8.42 Å². The van der Waals surface area contributed by atoms with Gasteiger partial charge in [-0.05, 0) is 45.2 Å². The molecule has 18 heavy (non-hydrogen) atoms. The van der Waals surface area contributed by atoms with Gasteiger partial charge in [0.1, 0.15) is 0 Å². The lowest BCUT2D eigenvalue weighted by molar-refractivity contribution is 0.209. The Morgan fingerprint density at radius 2 is 2.11 bits per heavy atom. The van der Waals surface area contributed by atoms with Crippen LogP contribution in [0.3, 0.4) is 0 Å². The van der Waals surface area contributed by atoms with Crippen LogP contribution < -0.4 is 5.32 Å². The Morgan fingerprint density at radius 3 is 2.72 bits per heavy atom. The van der Waals surface area contributed by atoms with E-state index in [1.807, 2.05) is 0 Å². The Bertz CT molecular complexity index is 378. The Morgan fingerprint density at radius 1 is 1.39 bits per heavy atom. The average Bonchev–Trinajstić information content (AvgIpc) is 3.14. The second-order valence-electron chi connectivity index (χ2n) is 5.98. The Kier molecular flexibility index (Phi) is 4.34. The molecule has 0 aromatic carbocycles. The fourth-order valence-corrected chi connectivity index (χ4v) is 3.70. The number of hydrogen-bond donors (Lipinski definition) is 1. The van der Waals surface area contributed by atoms with Crippen molar-refractivity contribution in [3.05, 3.63) is 0 Å². The first kappa shape index (κ1) is 14.3. The van der Waals surface area contributed by atoms with Crippen molar-refractivity contribution in [2.45, 2.75) is 38.6 Å². The number of nitrogens with zero attached hydrogens (tertiary/aromatic N) is 1. The highest BCUT2D eigenvalue weighted by atomic mass is 32.2. The lowest BCUT2D eigenvalue weighted by atomic mass is 9.95. The van der Waals surface area contributed by atoms with E-state index in [-0.39, 0.29) is 11.3 Å². The summed E-state index contributed by atoms with van der Waals surface area (Å²) in [4.78, 5) is 2.34. The van der Waals surface area contributed by atoms with E-state index in [4.69, 9.17) is 0 Å². The second-order valence-corrected chi connectivity index (χ2v) is 8.46. The van der Waals surface area contributed by atoms with Gasteiger partial charge >= 0.3 is 0 Å². The molecule has 0 amide bonds. The van der Waals surface area contributed by atoms with Gasteiger partial charge in [-0.1, -0.05) is 6.92 Å². The van der Waals surface area contributed by atoms with Crippen LogP contribution in [0.15, 0.2) is 0 Å². The summed E-state index contributed by atoms with van der Waals surface area (Å²) < 4.78 is 23.2. The number of nitrogens with one attached hydrogen (secondary N) is 1. The van der Waals surface area contributed by atoms with Gasteiger partial charge in [0.25, 0.3) is 0 Å². The second kappa shape index (κ2) is 5.47. The van der Waals surface area contributed by atoms with E-state index in [1.165, 1.54) is 12.8 Å². The van der Waals surface area contributed by atoms with Crippen LogP contribution in [0.4, 0.5) is 0 Å². The lowest BCUT2D eigenvalue weighted by Gasteiger charge is -2.33. The largest absolute Gasteiger partial charge is 0.310 e. The van der Waals surface area contributed by atoms with Gasteiger partial charge < -0.3 is 10.2 Å². The van der Waals surface area contributed by atoms with E-state index in [0.29, 0.717) is 12.3 Å². The Labute approximate surface area is 111 Å². The molecule has 1 N–H and O–H groups in total. The highest BCUT2D eigenvalue weighted by molar-refractivity contribution is 7.91. The molecule has 0 aromatic rings. The molecule has 0 radical (unpaired) electrons. The maximum atomic E-state index is 11.6. The first-order valence-electron chi connectivity index (χ1n) is 7.13. The summed E-state index contributed by atoms with van der Waals surface area (Å²) in [6, 6.07) is 0. The van der Waals surface area contributed by atoms with Crippen LogP contribution in [0.25, 0.3) is 0 Å². The maximum Gasteiger partial charge on any atom is 0.151 e. The zero-order chi connectivity index (χ0) is 13.2. The number of sulfone groups is 1. The molecular formula is C13H26N2O2S. The Hall–Kier alpha value is -0.130. The van der Waals surface area contributed by atoms with Crippen molar-refractivity contribution in [3.8, 4) is 0 Å². The third-order valence-electron chi connectivity index (χ3n) is 4.37. The maximum absolute atomic E-state index is 11.6. The van der Waals surface area contributed by atoms with E-state index >= 15 is 0 Å². The van der Waals surface area contributed by atoms with Gasteiger partial charge in [-0.3, -0.25) is 0 Å². The monoisotopic (exact) mass is 274 g/mol. The summed E-state index contributed by atoms with van der Waals surface area (Å²) in [7, 11) is -2.83. The molecule has 1 unspecified atom stereocenters. The van der Waals surface area contributed by atoms with Crippen LogP contribution in [0.2, 0.25) is 0 Å². The van der Waals surface area contributed by atoms with Crippen molar-refractivity contribution in [1.29, 1.82) is 0 Å². The van der Waals surface area contributed by atoms with Crippen LogP contribution in [0.5, 0.6) is 0 Å². The first-order valence-corrected chi connectivity index (χ1v) is 8.95. The van der Waals surface area contributed by atoms with Crippen LogP contribution in [-0.4, -0.2) is 56.5 Å². The van der Waals surface area contributed by atoms with E-state index in [9.17, 15) is 8.42 Å². The van der Waals surface area contributed by atoms with Gasteiger partial charge in [-0.2, -0.15) is 0 Å². The molecule has 5 heteroatoms. The van der Waals surface area contributed by atoms with Crippen LogP contribution >= 0.6 is 0 Å². The molecule has 106 valence electrons. The normalized spacial score (nSPS) is 31.2. The zero-order valence-electron chi connectivity index (χ0n) is 11.6. The topological polar surface area (TPSA) is 49.4 Å². The molecule has 2 fully saturated rings. The molecule has 0 spiro atoms. The van der Waals surface area contributed by atoms with Crippen LogP contribution in [0, 0.1) is 5.92 Å². The third kappa shape index (κ3) is 3.68. The van der Waals surface area contributed by atoms with Gasteiger partial charge in [-0.15, -0.1) is 0 Å². The van der Waals surface area contributed by atoms with Gasteiger partial charge in [0.15, 0.2) is 9.84 Å². The summed E-state index contributed by atoms with van der Waals surface area (Å²) in [6.07, 6.45) is 3.77. The standard InChI is InChI=1S/C13H26N2O2S/c1-3-18(16,17)10-9-15-8-4-7-14-13(2,11-15)12-5-6-12/h12,14H,3-11H2,1-2H3. The Balaban J connectivity index is 1.91. The molecule has 1 saturated heterocycles. The smallest absolute Gasteiger partial charge is 0.151 e. The molecule has 1 atom stereocenters. The predicted molar refractivity (Wildman–Crippen MR) is 74.5 cm³/mol. The minimum Gasteiger partial charge on any atom is -0.310 e. The summed E-state index contributed by atoms with van der Waals surface area (Å²) in [5, 5.41) is 3.67. The molecule has 4 nitrogen and oxygen atoms in total. The molecule has 2 rings (SSSR count). The molecular weight excluding hydrogens is 248 g/mol. The van der Waals surface area contributed by atoms with Gasteiger partial charge in [0, 0.05) is 24.4 Å². The predicted octanol–water partition coefficient (Wildman–Crippen LogP) is 0.885. The van der Waals surface area contributed by atoms with Gasteiger partial charge in [0.05, 0.1) is 5.75 Å². The highest BCUT2D eigenvalue weighted by Crippen LogP contribution is 2.40. The van der Waals surface area contributed by atoms with E-state index in [2.05, 4.69) is 17.1 Å². The molecule has 1 saturated carbocycles. The lowest BCUT2D eigenvalue weighted by Crippen LogP contribution is -2.51. The first-order chi connectivity index (χ1) is 8.45. The molecule has 0 bridgehead atoms. The van der Waals surface area contributed by atoms with E-state index in [1.54, 1.807) is 6.92 Å². The molecule has 1 aliphatic heterocycles. The quantitative estimate of drug-likeness (QED) is 0.809. The number of rotatable bonds is 5. The minimum atomic E-state index is -2.83. The van der Waals surface area contributed by atoms with Crippen molar-refractivity contribution in [3.63, 3.8) is 0 Å². The minimum absolute atomic E-state index is 0.201. The van der Waals surface area contributed by atoms with Crippen LogP contribution in [0.1, 0.15) is 33.1 Å². The summed E-state index contributed by atoms with van der Waals surface area (Å²) in [6.45, 7) is 7.81. The summed E-state index contributed by atoms with van der Waals surface area (Å²) >= 11 is 0. The van der Waals surface area contributed by atoms with Crippen molar-refractivity contribution in [2.75, 3.05) is 37.7 Å². The van der Waals surface area contributed by atoms with E-state index in [0.717, 1.165) is 32.0 Å². The zero-order valence-corrected chi connectivity index (χ0v) is 12.4. The summed E-state index contributed by atoms with van der Waals surface area (Å²) in [5.41, 5.74) is 0.201. The summed E-state index contributed by atoms with van der Waals surface area (Å²) in [5.74, 6) is 1.37. The van der Waals surface area contributed by atoms with Gasteiger partial charge in [0.2, 0.25) is 0 Å². The molecule has 1 heterocycles. The van der Waals surface area contributed by atoms with Crippen molar-refractivity contribution in [2.24, 2.45) is 5.92 Å². The van der Waals surface area contributed by atoms with Crippen molar-refractivity contribution in [1.82, 2.24) is 10.2 Å². The highest BCUT2D eigenvalue weighted by Gasteiger charge is 2.42. The third-order valence-corrected chi connectivity index (χ3v) is 6.05. The SMILES string of the molecule is CCS(=O)(=O)CCN1CCCNC(C)(C2CC2)C1. The fraction of sp³-hybridized carbons (Fsp3) is 1.00. The fourth-order valence-electron chi connectivity index (χ4n) is 2.87. The molecule has 1 aliphatic carbocycles. The van der Waals surface area contributed by atoms with Crippen molar-refractivity contribution >= 4 is 9.84 Å². The average molecular weight is 274 g/mol. The number of hydrogen-bond acceptors (Lipinski definition) is 4. The van der Waals surface area contributed by atoms with Crippen molar-refractivity contribution < 1.29 is 8.42 Å². The van der Waals surface area contributed by atoms with Crippen LogP contribution in [-0.2, 0) is 9.84 Å². The molecule has 0 aromatic heterocycles. The molecule has 2 aliphatic rings. The van der Waals surface area contributed by atoms with E-state index < -0.39 is 9.84 Å².